The van der Waals surface area contributed by atoms with Crippen molar-refractivity contribution in [2.75, 3.05) is 6.54 Å². The van der Waals surface area contributed by atoms with Crippen molar-refractivity contribution in [1.82, 2.24) is 5.32 Å². The summed E-state index contributed by atoms with van der Waals surface area (Å²) < 4.78 is 0. The Morgan fingerprint density at radius 2 is 2.00 bits per heavy atom. The largest absolute Gasteiger partial charge is 0.356 e. The number of amides is 1. The monoisotopic (exact) mass is 267 g/mol. The van der Waals surface area contributed by atoms with Gasteiger partial charge < -0.3 is 5.32 Å². The molecule has 0 fully saturated rings. The molecule has 1 rings (SSSR count). The second-order valence-electron chi connectivity index (χ2n) is 4.50. The van der Waals surface area contributed by atoms with Gasteiger partial charge in [-0.25, -0.2) is 0 Å². The Morgan fingerprint density at radius 1 is 1.22 bits per heavy atom. The molecule has 0 aliphatic rings. The molecule has 0 aromatic heterocycles. The number of nitrogens with one attached hydrogen (secondary N) is 1. The van der Waals surface area contributed by atoms with Crippen LogP contribution in [0.3, 0.4) is 0 Å². The molecule has 0 heterocycles. The van der Waals surface area contributed by atoms with Gasteiger partial charge in [0, 0.05) is 18.0 Å². The zero-order chi connectivity index (χ0) is 13.2. The van der Waals surface area contributed by atoms with E-state index in [1.807, 2.05) is 24.3 Å². The average Bonchev–Trinajstić information content (AvgIpc) is 2.37. The molecular weight excluding hydrogens is 246 g/mol. The zero-order valence-electron chi connectivity index (χ0n) is 11.0. The van der Waals surface area contributed by atoms with Gasteiger partial charge in [-0.15, -0.1) is 0 Å². The summed E-state index contributed by atoms with van der Waals surface area (Å²) >= 11 is 6.05. The Hall–Kier alpha value is -1.02. The van der Waals surface area contributed by atoms with Crippen molar-refractivity contribution in [1.29, 1.82) is 0 Å². The molecule has 1 aromatic carbocycles. The Kier molecular flexibility index (Phi) is 7.51. The maximum absolute atomic E-state index is 11.5. The van der Waals surface area contributed by atoms with E-state index >= 15 is 0 Å². The Balaban J connectivity index is 2.14. The third-order valence-electron chi connectivity index (χ3n) is 2.93. The van der Waals surface area contributed by atoms with Crippen LogP contribution < -0.4 is 5.32 Å². The van der Waals surface area contributed by atoms with Gasteiger partial charge in [0.25, 0.3) is 0 Å². The van der Waals surface area contributed by atoms with Crippen LogP contribution in [0.25, 0.3) is 0 Å². The highest BCUT2D eigenvalue weighted by atomic mass is 35.5. The first-order chi connectivity index (χ1) is 8.74. The van der Waals surface area contributed by atoms with Crippen LogP contribution in [0.2, 0.25) is 5.02 Å². The molecule has 0 bridgehead atoms. The second-order valence-corrected chi connectivity index (χ2v) is 4.91. The molecule has 3 heteroatoms. The van der Waals surface area contributed by atoms with Gasteiger partial charge in [0.05, 0.1) is 0 Å². The summed E-state index contributed by atoms with van der Waals surface area (Å²) in [5.41, 5.74) is 1.09. The van der Waals surface area contributed by atoms with Crippen molar-refractivity contribution in [3.8, 4) is 0 Å². The lowest BCUT2D eigenvalue weighted by molar-refractivity contribution is -0.121. The molecule has 2 nitrogen and oxygen atoms in total. The van der Waals surface area contributed by atoms with Gasteiger partial charge in [-0.3, -0.25) is 4.79 Å². The molecule has 0 radical (unpaired) electrons. The van der Waals surface area contributed by atoms with Crippen LogP contribution >= 0.6 is 11.6 Å². The fourth-order valence-electron chi connectivity index (χ4n) is 1.84. The van der Waals surface area contributed by atoms with Gasteiger partial charge in [0.2, 0.25) is 5.91 Å². The Morgan fingerprint density at radius 3 is 2.72 bits per heavy atom. The lowest BCUT2D eigenvalue weighted by atomic mass is 10.1. The topological polar surface area (TPSA) is 29.1 Å². The number of unbranched alkanes of at least 4 members (excludes halogenated alkanes) is 3. The fourth-order valence-corrected chi connectivity index (χ4v) is 2.07. The minimum absolute atomic E-state index is 0.151. The predicted octanol–water partition coefficient (Wildman–Crippen LogP) is 3.97. The van der Waals surface area contributed by atoms with E-state index in [1.165, 1.54) is 12.8 Å². The molecule has 0 saturated carbocycles. The summed E-state index contributed by atoms with van der Waals surface area (Å²) in [7, 11) is 0. The number of carbonyl (C=O) groups is 1. The van der Waals surface area contributed by atoms with E-state index in [-0.39, 0.29) is 5.91 Å². The first-order valence-corrected chi connectivity index (χ1v) is 7.12. The van der Waals surface area contributed by atoms with Crippen LogP contribution in [0.15, 0.2) is 24.3 Å². The van der Waals surface area contributed by atoms with Gasteiger partial charge in [-0.2, -0.15) is 0 Å². The molecule has 0 aliphatic carbocycles. The van der Waals surface area contributed by atoms with E-state index in [1.54, 1.807) is 0 Å². The van der Waals surface area contributed by atoms with Crippen LogP contribution in [0.5, 0.6) is 0 Å². The van der Waals surface area contributed by atoms with Crippen molar-refractivity contribution in [2.24, 2.45) is 0 Å². The summed E-state index contributed by atoms with van der Waals surface area (Å²) in [6.45, 7) is 2.83. The van der Waals surface area contributed by atoms with Gasteiger partial charge in [-0.1, -0.05) is 56.0 Å². The second kappa shape index (κ2) is 8.98. The minimum Gasteiger partial charge on any atom is -0.356 e. The van der Waals surface area contributed by atoms with E-state index in [0.29, 0.717) is 13.0 Å². The quantitative estimate of drug-likeness (QED) is 0.710. The number of hydrogen-bond acceptors (Lipinski definition) is 1. The lowest BCUT2D eigenvalue weighted by Crippen LogP contribution is -2.25. The molecule has 0 atom stereocenters. The molecule has 1 aromatic rings. The molecule has 18 heavy (non-hydrogen) atoms. The van der Waals surface area contributed by atoms with E-state index in [0.717, 1.165) is 29.8 Å². The number of halogens is 1. The summed E-state index contributed by atoms with van der Waals surface area (Å²) in [5.74, 6) is 0.151. The van der Waals surface area contributed by atoms with Crippen LogP contribution in [0.1, 0.15) is 44.6 Å². The summed E-state index contributed by atoms with van der Waals surface area (Å²) in [4.78, 5) is 11.5. The number of hydrogen-bond donors (Lipinski definition) is 1. The highest BCUT2D eigenvalue weighted by Crippen LogP contribution is 2.14. The first kappa shape index (κ1) is 15.0. The predicted molar refractivity (Wildman–Crippen MR) is 76.9 cm³/mol. The lowest BCUT2D eigenvalue weighted by Gasteiger charge is -2.06. The van der Waals surface area contributed by atoms with E-state index in [9.17, 15) is 4.79 Å². The van der Waals surface area contributed by atoms with E-state index < -0.39 is 0 Å². The maximum Gasteiger partial charge on any atom is 0.220 e. The van der Waals surface area contributed by atoms with Crippen LogP contribution in [-0.2, 0) is 11.2 Å². The number of carbonyl (C=O) groups excluding carboxylic acids is 1. The average molecular weight is 268 g/mol. The van der Waals surface area contributed by atoms with Crippen molar-refractivity contribution >= 4 is 17.5 Å². The SMILES string of the molecule is CCCCCCC(=O)NCCc1ccccc1Cl. The van der Waals surface area contributed by atoms with E-state index in [4.69, 9.17) is 11.6 Å². The Labute approximate surface area is 115 Å². The van der Waals surface area contributed by atoms with E-state index in [2.05, 4.69) is 12.2 Å². The molecule has 100 valence electrons. The molecule has 1 amide bonds. The van der Waals surface area contributed by atoms with Crippen LogP contribution in [-0.4, -0.2) is 12.5 Å². The van der Waals surface area contributed by atoms with Gasteiger partial charge in [0.1, 0.15) is 0 Å². The van der Waals surface area contributed by atoms with Crippen molar-refractivity contribution in [2.45, 2.75) is 45.4 Å². The standard InChI is InChI=1S/C15H22ClNO/c1-2-3-4-5-10-15(18)17-12-11-13-8-6-7-9-14(13)16/h6-9H,2-5,10-12H2,1H3,(H,17,18). The highest BCUT2D eigenvalue weighted by molar-refractivity contribution is 6.31. The molecule has 1 N–H and O–H groups in total. The normalized spacial score (nSPS) is 10.3. The summed E-state index contributed by atoms with van der Waals surface area (Å²) in [6.07, 6.45) is 5.99. The molecule has 0 saturated heterocycles. The molecule has 0 spiro atoms. The molecule has 0 unspecified atom stereocenters. The maximum atomic E-state index is 11.5. The minimum atomic E-state index is 0.151. The Bertz CT molecular complexity index is 365. The van der Waals surface area contributed by atoms with Crippen LogP contribution in [0, 0.1) is 0 Å². The van der Waals surface area contributed by atoms with Gasteiger partial charge >= 0.3 is 0 Å². The number of benzene rings is 1. The number of rotatable bonds is 8. The van der Waals surface area contributed by atoms with Crippen molar-refractivity contribution in [3.05, 3.63) is 34.9 Å². The molecule has 0 aliphatic heterocycles. The van der Waals surface area contributed by atoms with Crippen LogP contribution in [0.4, 0.5) is 0 Å². The highest BCUT2D eigenvalue weighted by Gasteiger charge is 2.02. The zero-order valence-corrected chi connectivity index (χ0v) is 11.8. The fraction of sp³-hybridized carbons (Fsp3) is 0.533. The summed E-state index contributed by atoms with van der Waals surface area (Å²) in [6, 6.07) is 7.76. The third-order valence-corrected chi connectivity index (χ3v) is 3.30. The molecular formula is C15H22ClNO. The third kappa shape index (κ3) is 6.06. The smallest absolute Gasteiger partial charge is 0.220 e. The van der Waals surface area contributed by atoms with Gasteiger partial charge in [0.15, 0.2) is 0 Å². The van der Waals surface area contributed by atoms with Crippen molar-refractivity contribution in [3.63, 3.8) is 0 Å². The summed E-state index contributed by atoms with van der Waals surface area (Å²) in [5, 5.41) is 3.71. The first-order valence-electron chi connectivity index (χ1n) is 6.74. The van der Waals surface area contributed by atoms with Crippen molar-refractivity contribution < 1.29 is 4.79 Å². The van der Waals surface area contributed by atoms with Gasteiger partial charge in [-0.05, 0) is 24.5 Å².